The molecule has 2 rings (SSSR count). The second-order valence-corrected chi connectivity index (χ2v) is 4.49. The van der Waals surface area contributed by atoms with Gasteiger partial charge in [0.25, 0.3) is 0 Å². The zero-order valence-corrected chi connectivity index (χ0v) is 10.5. The Balaban J connectivity index is 2.05. The minimum atomic E-state index is 0.754. The number of nitrogens with one attached hydrogen (secondary N) is 1. The highest BCUT2D eigenvalue weighted by Gasteiger charge is 1.97. The first-order valence-electron chi connectivity index (χ1n) is 5.49. The van der Waals surface area contributed by atoms with Crippen molar-refractivity contribution in [1.82, 2.24) is 0 Å². The summed E-state index contributed by atoms with van der Waals surface area (Å²) in [6, 6.07) is 13.8. The Morgan fingerprint density at radius 1 is 1.18 bits per heavy atom. The average Bonchev–Trinajstić information content (AvgIpc) is 2.31. The van der Waals surface area contributed by atoms with Crippen LogP contribution in [0.4, 0.5) is 11.4 Å². The van der Waals surface area contributed by atoms with Gasteiger partial charge in [0.15, 0.2) is 0 Å². The van der Waals surface area contributed by atoms with Crippen LogP contribution in [0.5, 0.6) is 0 Å². The molecule has 0 aromatic heterocycles. The first-order valence-corrected chi connectivity index (χ1v) is 5.87. The van der Waals surface area contributed by atoms with E-state index < -0.39 is 0 Å². The van der Waals surface area contributed by atoms with Gasteiger partial charge in [-0.25, -0.2) is 0 Å². The van der Waals surface area contributed by atoms with Crippen LogP contribution in [-0.2, 0) is 6.54 Å². The third-order valence-electron chi connectivity index (χ3n) is 2.66. The van der Waals surface area contributed by atoms with Gasteiger partial charge in [-0.2, -0.15) is 0 Å². The molecule has 0 radical (unpaired) electrons. The van der Waals surface area contributed by atoms with Gasteiger partial charge in [-0.3, -0.25) is 0 Å². The summed E-state index contributed by atoms with van der Waals surface area (Å²) in [5, 5.41) is 4.10. The molecule has 0 saturated carbocycles. The summed E-state index contributed by atoms with van der Waals surface area (Å²) < 4.78 is 0. The lowest BCUT2D eigenvalue weighted by Gasteiger charge is -2.08. The maximum atomic E-state index is 5.93. The van der Waals surface area contributed by atoms with Crippen molar-refractivity contribution in [3.05, 3.63) is 58.6 Å². The van der Waals surface area contributed by atoms with Crippen molar-refractivity contribution >= 4 is 23.0 Å². The molecule has 3 heteroatoms. The van der Waals surface area contributed by atoms with Gasteiger partial charge in [-0.1, -0.05) is 23.7 Å². The van der Waals surface area contributed by atoms with Crippen LogP contribution in [0.15, 0.2) is 42.5 Å². The topological polar surface area (TPSA) is 38.0 Å². The second-order valence-electron chi connectivity index (χ2n) is 4.05. The number of aryl methyl sites for hydroxylation is 1. The van der Waals surface area contributed by atoms with Gasteiger partial charge in [-0.05, 0) is 48.4 Å². The molecule has 2 aromatic carbocycles. The molecule has 88 valence electrons. The average molecular weight is 247 g/mol. The molecule has 0 bridgehead atoms. The maximum absolute atomic E-state index is 5.93. The fourth-order valence-electron chi connectivity index (χ4n) is 1.64. The molecule has 0 aliphatic heterocycles. The fraction of sp³-hybridized carbons (Fsp3) is 0.143. The minimum absolute atomic E-state index is 0.754. The van der Waals surface area contributed by atoms with Crippen LogP contribution < -0.4 is 11.1 Å². The largest absolute Gasteiger partial charge is 0.399 e. The zero-order chi connectivity index (χ0) is 12.3. The number of nitrogen functional groups attached to an aromatic ring is 1. The highest BCUT2D eigenvalue weighted by atomic mass is 35.5. The molecule has 17 heavy (non-hydrogen) atoms. The summed E-state index contributed by atoms with van der Waals surface area (Å²) in [5.41, 5.74) is 9.90. The maximum Gasteiger partial charge on any atom is 0.0409 e. The van der Waals surface area contributed by atoms with Crippen molar-refractivity contribution in [2.24, 2.45) is 0 Å². The monoisotopic (exact) mass is 246 g/mol. The first kappa shape index (κ1) is 11.8. The number of nitrogens with two attached hydrogens (primary N) is 1. The molecule has 0 heterocycles. The van der Waals surface area contributed by atoms with Crippen LogP contribution in [0.1, 0.15) is 11.1 Å². The number of hydrogen-bond donors (Lipinski definition) is 2. The van der Waals surface area contributed by atoms with Crippen molar-refractivity contribution in [1.29, 1.82) is 0 Å². The highest BCUT2D eigenvalue weighted by Crippen LogP contribution is 2.18. The van der Waals surface area contributed by atoms with Crippen LogP contribution in [0.25, 0.3) is 0 Å². The van der Waals surface area contributed by atoms with Crippen LogP contribution >= 0.6 is 11.6 Å². The first-order chi connectivity index (χ1) is 8.15. The number of halogens is 1. The zero-order valence-electron chi connectivity index (χ0n) is 9.70. The van der Waals surface area contributed by atoms with Gasteiger partial charge in [0, 0.05) is 22.9 Å². The molecule has 0 amide bonds. The van der Waals surface area contributed by atoms with Crippen LogP contribution in [0, 0.1) is 6.92 Å². The van der Waals surface area contributed by atoms with Crippen molar-refractivity contribution in [2.45, 2.75) is 13.5 Å². The van der Waals surface area contributed by atoms with Gasteiger partial charge in [0.2, 0.25) is 0 Å². The summed E-state index contributed by atoms with van der Waals surface area (Å²) >= 11 is 5.93. The Kier molecular flexibility index (Phi) is 3.55. The molecule has 2 aromatic rings. The molecule has 3 N–H and O–H groups in total. The third kappa shape index (κ3) is 3.14. The molecule has 2 nitrogen and oxygen atoms in total. The van der Waals surface area contributed by atoms with Crippen molar-refractivity contribution in [3.8, 4) is 0 Å². The van der Waals surface area contributed by atoms with Crippen LogP contribution in [0.3, 0.4) is 0 Å². The highest BCUT2D eigenvalue weighted by molar-refractivity contribution is 6.30. The molecule has 0 unspecified atom stereocenters. The lowest BCUT2D eigenvalue weighted by atomic mass is 10.1. The van der Waals surface area contributed by atoms with E-state index in [0.717, 1.165) is 34.1 Å². The summed E-state index contributed by atoms with van der Waals surface area (Å²) in [7, 11) is 0. The van der Waals surface area contributed by atoms with E-state index in [4.69, 9.17) is 17.3 Å². The number of anilines is 2. The Hall–Kier alpha value is -1.67. The predicted octanol–water partition coefficient (Wildman–Crippen LogP) is 3.84. The molecule has 0 spiro atoms. The van der Waals surface area contributed by atoms with E-state index in [1.165, 1.54) is 0 Å². The SMILES string of the molecule is Cc1cc(NCc2cccc(Cl)c2)ccc1N. The van der Waals surface area contributed by atoms with E-state index >= 15 is 0 Å². The molecule has 0 aliphatic carbocycles. The molecule has 0 fully saturated rings. The Morgan fingerprint density at radius 3 is 2.71 bits per heavy atom. The summed E-state index contributed by atoms with van der Waals surface area (Å²) in [4.78, 5) is 0. The third-order valence-corrected chi connectivity index (χ3v) is 2.89. The lowest BCUT2D eigenvalue weighted by Crippen LogP contribution is -2.00. The quantitative estimate of drug-likeness (QED) is 0.808. The lowest BCUT2D eigenvalue weighted by molar-refractivity contribution is 1.15. The standard InChI is InChI=1S/C14H15ClN2/c1-10-7-13(5-6-14(10)16)17-9-11-3-2-4-12(15)8-11/h2-8,17H,9,16H2,1H3. The molecule has 0 saturated heterocycles. The van der Waals surface area contributed by atoms with Gasteiger partial charge < -0.3 is 11.1 Å². The fourth-order valence-corrected chi connectivity index (χ4v) is 1.85. The molecule has 0 aliphatic rings. The second kappa shape index (κ2) is 5.11. The summed E-state index contributed by atoms with van der Waals surface area (Å²) in [6.45, 7) is 2.75. The van der Waals surface area contributed by atoms with Gasteiger partial charge in [0.1, 0.15) is 0 Å². The van der Waals surface area contributed by atoms with Gasteiger partial charge in [-0.15, -0.1) is 0 Å². The van der Waals surface area contributed by atoms with E-state index in [1.807, 2.05) is 49.4 Å². The normalized spacial score (nSPS) is 10.2. The van der Waals surface area contributed by atoms with Gasteiger partial charge in [0.05, 0.1) is 0 Å². The number of hydrogen-bond acceptors (Lipinski definition) is 2. The van der Waals surface area contributed by atoms with E-state index in [0.29, 0.717) is 0 Å². The number of rotatable bonds is 3. The number of benzene rings is 2. The van der Waals surface area contributed by atoms with Crippen molar-refractivity contribution < 1.29 is 0 Å². The predicted molar refractivity (Wildman–Crippen MR) is 74.4 cm³/mol. The smallest absolute Gasteiger partial charge is 0.0409 e. The van der Waals surface area contributed by atoms with E-state index in [1.54, 1.807) is 0 Å². The Morgan fingerprint density at radius 2 is 2.00 bits per heavy atom. The van der Waals surface area contributed by atoms with E-state index in [9.17, 15) is 0 Å². The van der Waals surface area contributed by atoms with Crippen LogP contribution in [0.2, 0.25) is 5.02 Å². The molecular weight excluding hydrogens is 232 g/mol. The Bertz CT molecular complexity index is 523. The van der Waals surface area contributed by atoms with Gasteiger partial charge >= 0.3 is 0 Å². The van der Waals surface area contributed by atoms with E-state index in [2.05, 4.69) is 5.32 Å². The summed E-state index contributed by atoms with van der Waals surface area (Å²) in [6.07, 6.45) is 0. The van der Waals surface area contributed by atoms with Crippen LogP contribution in [-0.4, -0.2) is 0 Å². The summed E-state index contributed by atoms with van der Waals surface area (Å²) in [5.74, 6) is 0. The molecule has 0 atom stereocenters. The van der Waals surface area contributed by atoms with Crippen molar-refractivity contribution in [3.63, 3.8) is 0 Å². The molecular formula is C14H15ClN2. The van der Waals surface area contributed by atoms with E-state index in [-0.39, 0.29) is 0 Å². The minimum Gasteiger partial charge on any atom is -0.399 e. The Labute approximate surface area is 106 Å². The van der Waals surface area contributed by atoms with Crippen molar-refractivity contribution in [2.75, 3.05) is 11.1 Å².